The van der Waals surface area contributed by atoms with Gasteiger partial charge >= 0.3 is 0 Å². The van der Waals surface area contributed by atoms with Crippen molar-refractivity contribution in [2.75, 3.05) is 20.2 Å². The Bertz CT molecular complexity index is 1090. The van der Waals surface area contributed by atoms with E-state index in [1.54, 1.807) is 19.5 Å². The first-order chi connectivity index (χ1) is 15.4. The van der Waals surface area contributed by atoms with Gasteiger partial charge in [0.05, 0.1) is 18.4 Å². The summed E-state index contributed by atoms with van der Waals surface area (Å²) < 4.78 is 5.42. The Morgan fingerprint density at radius 3 is 2.59 bits per heavy atom. The number of ether oxygens (including phenoxy) is 1. The Morgan fingerprint density at radius 1 is 1.12 bits per heavy atom. The molecule has 1 unspecified atom stereocenters. The summed E-state index contributed by atoms with van der Waals surface area (Å²) in [5, 5.41) is 0. The van der Waals surface area contributed by atoms with Gasteiger partial charge in [-0.2, -0.15) is 0 Å². The van der Waals surface area contributed by atoms with Crippen LogP contribution < -0.4 is 4.74 Å². The molecule has 1 saturated heterocycles. The maximum absolute atomic E-state index is 13.3. The third kappa shape index (κ3) is 4.49. The Labute approximate surface area is 189 Å². The highest BCUT2D eigenvalue weighted by molar-refractivity contribution is 5.97. The molecule has 1 aliphatic heterocycles. The number of likely N-dealkylation sites (tertiary alicyclic amines) is 1. The molecule has 3 heterocycles. The quantitative estimate of drug-likeness (QED) is 0.591. The number of amides is 1. The molecular weight excluding hydrogens is 400 g/mol. The molecule has 1 fully saturated rings. The maximum atomic E-state index is 13.3. The van der Waals surface area contributed by atoms with E-state index in [1.165, 1.54) is 0 Å². The number of nitrogens with zero attached hydrogens (tertiary/aromatic N) is 4. The fraction of sp³-hybridized carbons (Fsp3) is 0.385. The van der Waals surface area contributed by atoms with Gasteiger partial charge in [0.25, 0.3) is 5.91 Å². The van der Waals surface area contributed by atoms with Gasteiger partial charge in [-0.25, -0.2) is 9.97 Å². The lowest BCUT2D eigenvalue weighted by molar-refractivity contribution is 0.0702. The van der Waals surface area contributed by atoms with Gasteiger partial charge in [0.2, 0.25) is 0 Å². The molecule has 32 heavy (non-hydrogen) atoms. The number of carbonyl (C=O) groups excluding carboxylic acids is 1. The highest BCUT2D eigenvalue weighted by atomic mass is 16.5. The zero-order chi connectivity index (χ0) is 22.7. The van der Waals surface area contributed by atoms with E-state index in [-0.39, 0.29) is 17.2 Å². The molecule has 6 heteroatoms. The minimum atomic E-state index is -0.160. The summed E-state index contributed by atoms with van der Waals surface area (Å²) in [6, 6.07) is 11.4. The smallest absolute Gasteiger partial charge is 0.257 e. The summed E-state index contributed by atoms with van der Waals surface area (Å²) in [7, 11) is 1.60. The van der Waals surface area contributed by atoms with Crippen LogP contribution in [0.5, 0.6) is 5.75 Å². The van der Waals surface area contributed by atoms with Crippen LogP contribution in [0, 0.1) is 0 Å². The second-order valence-electron chi connectivity index (χ2n) is 9.27. The summed E-state index contributed by atoms with van der Waals surface area (Å²) in [5.74, 6) is 1.56. The zero-order valence-electron chi connectivity index (χ0n) is 19.2. The number of aromatic nitrogens is 3. The standard InChI is InChI=1S/C26H30N4O2/c1-26(2,3)25-28-16-21(18-11-13-27-14-12-18)23(29-25)19-8-7-15-30(17-19)24(31)20-9-5-6-10-22(20)32-4/h5-6,9-14,16,19H,7-8,15,17H2,1-4H3. The van der Waals surface area contributed by atoms with Crippen molar-refractivity contribution >= 4 is 5.91 Å². The first kappa shape index (κ1) is 21.9. The molecule has 2 aromatic heterocycles. The van der Waals surface area contributed by atoms with Gasteiger partial charge in [0.1, 0.15) is 11.6 Å². The van der Waals surface area contributed by atoms with Crippen molar-refractivity contribution in [1.82, 2.24) is 19.9 Å². The van der Waals surface area contributed by atoms with Crippen molar-refractivity contribution in [2.24, 2.45) is 0 Å². The van der Waals surface area contributed by atoms with Crippen LogP contribution in [0.1, 0.15) is 61.4 Å². The lowest BCUT2D eigenvalue weighted by Gasteiger charge is -2.34. The summed E-state index contributed by atoms with van der Waals surface area (Å²) in [4.78, 5) is 29.2. The molecular formula is C26H30N4O2. The second-order valence-corrected chi connectivity index (χ2v) is 9.27. The first-order valence-electron chi connectivity index (χ1n) is 11.1. The highest BCUT2D eigenvalue weighted by Gasteiger charge is 2.30. The average Bonchev–Trinajstić information content (AvgIpc) is 2.83. The molecule has 4 rings (SSSR count). The van der Waals surface area contributed by atoms with Crippen LogP contribution in [-0.4, -0.2) is 46.0 Å². The Morgan fingerprint density at radius 2 is 1.88 bits per heavy atom. The van der Waals surface area contributed by atoms with Crippen LogP contribution in [0.4, 0.5) is 0 Å². The molecule has 0 aliphatic carbocycles. The summed E-state index contributed by atoms with van der Waals surface area (Å²) in [5.41, 5.74) is 3.50. The van der Waals surface area contributed by atoms with Gasteiger partial charge in [0.15, 0.2) is 0 Å². The minimum Gasteiger partial charge on any atom is -0.496 e. The molecule has 0 saturated carbocycles. The molecule has 0 spiro atoms. The highest BCUT2D eigenvalue weighted by Crippen LogP contribution is 2.35. The van der Waals surface area contributed by atoms with Crippen LogP contribution in [0.15, 0.2) is 55.0 Å². The van der Waals surface area contributed by atoms with Gasteiger partial charge in [-0.3, -0.25) is 9.78 Å². The lowest BCUT2D eigenvalue weighted by atomic mass is 9.88. The van der Waals surface area contributed by atoms with E-state index in [1.807, 2.05) is 47.5 Å². The van der Waals surface area contributed by atoms with Crippen LogP contribution in [-0.2, 0) is 5.41 Å². The number of para-hydroxylation sites is 1. The third-order valence-corrected chi connectivity index (χ3v) is 5.91. The maximum Gasteiger partial charge on any atom is 0.257 e. The third-order valence-electron chi connectivity index (χ3n) is 5.91. The molecule has 0 N–H and O–H groups in total. The number of pyridine rings is 1. The van der Waals surface area contributed by atoms with E-state index in [9.17, 15) is 4.79 Å². The molecule has 0 bridgehead atoms. The van der Waals surface area contributed by atoms with Gasteiger partial charge in [0, 0.05) is 48.6 Å². The largest absolute Gasteiger partial charge is 0.496 e. The van der Waals surface area contributed by atoms with Crippen molar-refractivity contribution in [1.29, 1.82) is 0 Å². The van der Waals surface area contributed by atoms with Crippen LogP contribution >= 0.6 is 0 Å². The topological polar surface area (TPSA) is 68.2 Å². The number of hydrogen-bond acceptors (Lipinski definition) is 5. The van der Waals surface area contributed by atoms with Gasteiger partial charge in [-0.1, -0.05) is 32.9 Å². The van der Waals surface area contributed by atoms with Gasteiger partial charge in [-0.15, -0.1) is 0 Å². The van der Waals surface area contributed by atoms with Crippen molar-refractivity contribution in [3.63, 3.8) is 0 Å². The normalized spacial score (nSPS) is 16.6. The molecule has 3 aromatic rings. The first-order valence-corrected chi connectivity index (χ1v) is 11.1. The summed E-state index contributed by atoms with van der Waals surface area (Å²) >= 11 is 0. The van der Waals surface area contributed by atoms with Gasteiger partial charge < -0.3 is 9.64 Å². The zero-order valence-corrected chi connectivity index (χ0v) is 19.2. The Balaban J connectivity index is 1.70. The fourth-order valence-electron chi connectivity index (χ4n) is 4.20. The van der Waals surface area contributed by atoms with E-state index in [4.69, 9.17) is 9.72 Å². The lowest BCUT2D eigenvalue weighted by Crippen LogP contribution is -2.39. The van der Waals surface area contributed by atoms with Crippen molar-refractivity contribution in [3.05, 3.63) is 72.1 Å². The second kappa shape index (κ2) is 9.07. The number of benzene rings is 1. The van der Waals surface area contributed by atoms with Crippen LogP contribution in [0.3, 0.4) is 0 Å². The fourth-order valence-corrected chi connectivity index (χ4v) is 4.20. The average molecular weight is 431 g/mol. The van der Waals surface area contributed by atoms with Crippen molar-refractivity contribution in [2.45, 2.75) is 44.9 Å². The van der Waals surface area contributed by atoms with Gasteiger partial charge in [-0.05, 0) is 42.7 Å². The Kier molecular flexibility index (Phi) is 6.21. The molecule has 6 nitrogen and oxygen atoms in total. The predicted molar refractivity (Wildman–Crippen MR) is 125 cm³/mol. The molecule has 166 valence electrons. The van der Waals surface area contributed by atoms with E-state index in [0.29, 0.717) is 17.9 Å². The number of hydrogen-bond donors (Lipinski definition) is 0. The van der Waals surface area contributed by atoms with E-state index < -0.39 is 0 Å². The molecule has 1 aliphatic rings. The van der Waals surface area contributed by atoms with Crippen LogP contribution in [0.2, 0.25) is 0 Å². The van der Waals surface area contributed by atoms with Crippen molar-refractivity contribution in [3.8, 4) is 16.9 Å². The summed E-state index contributed by atoms with van der Waals surface area (Å²) in [6.45, 7) is 7.72. The number of piperidine rings is 1. The van der Waals surface area contributed by atoms with E-state index >= 15 is 0 Å². The minimum absolute atomic E-state index is 0.00251. The predicted octanol–water partition coefficient (Wildman–Crippen LogP) is 4.86. The monoisotopic (exact) mass is 430 g/mol. The molecule has 1 amide bonds. The Hall–Kier alpha value is -3.28. The number of carbonyl (C=O) groups is 1. The van der Waals surface area contributed by atoms with E-state index in [0.717, 1.165) is 42.0 Å². The molecule has 1 aromatic carbocycles. The number of methoxy groups -OCH3 is 1. The molecule has 1 atom stereocenters. The van der Waals surface area contributed by atoms with Crippen LogP contribution in [0.25, 0.3) is 11.1 Å². The molecule has 0 radical (unpaired) electrons. The number of rotatable bonds is 4. The van der Waals surface area contributed by atoms with Crippen molar-refractivity contribution < 1.29 is 9.53 Å². The summed E-state index contributed by atoms with van der Waals surface area (Å²) in [6.07, 6.45) is 7.41. The SMILES string of the molecule is COc1ccccc1C(=O)N1CCCC(c2nc(C(C)(C)C)ncc2-c2ccncc2)C1. The van der Waals surface area contributed by atoms with E-state index in [2.05, 4.69) is 30.7 Å².